The summed E-state index contributed by atoms with van der Waals surface area (Å²) in [5.41, 5.74) is 5.71. The van der Waals surface area contributed by atoms with E-state index >= 15 is 0 Å². The first-order valence-corrected chi connectivity index (χ1v) is 10.1. The molecule has 1 fully saturated rings. The average Bonchev–Trinajstić information content (AvgIpc) is 2.99. The molecule has 0 aliphatic carbocycles. The standard InChI is InChI=1S/C23H25N3O3/c1-13-6-4-5-7-16(13)20-9-8-17-18(23(28)26-11-15(27)12-26)10-19-21(22(17)29-20)24-14(2)25(19)3/h4-7,10,15,20,27H,8-9,11-12H2,1-3H3/t20-/m0/s1. The van der Waals surface area contributed by atoms with Gasteiger partial charge in [0.05, 0.1) is 11.6 Å². The molecule has 1 amide bonds. The minimum Gasteiger partial charge on any atom is -0.483 e. The molecular formula is C23H25N3O3. The summed E-state index contributed by atoms with van der Waals surface area (Å²) < 4.78 is 8.53. The van der Waals surface area contributed by atoms with Crippen LogP contribution in [0.2, 0.25) is 0 Å². The highest BCUT2D eigenvalue weighted by molar-refractivity contribution is 6.02. The highest BCUT2D eigenvalue weighted by Gasteiger charge is 2.35. The van der Waals surface area contributed by atoms with Gasteiger partial charge in [-0.15, -0.1) is 0 Å². The second-order valence-corrected chi connectivity index (χ2v) is 8.18. The van der Waals surface area contributed by atoms with Crippen molar-refractivity contribution in [3.63, 3.8) is 0 Å². The number of benzene rings is 2. The Morgan fingerprint density at radius 1 is 1.24 bits per heavy atom. The molecule has 0 bridgehead atoms. The van der Waals surface area contributed by atoms with Crippen LogP contribution in [0.3, 0.4) is 0 Å². The molecule has 0 saturated carbocycles. The van der Waals surface area contributed by atoms with Crippen molar-refractivity contribution in [2.45, 2.75) is 38.9 Å². The summed E-state index contributed by atoms with van der Waals surface area (Å²) >= 11 is 0. The van der Waals surface area contributed by atoms with E-state index in [2.05, 4.69) is 19.1 Å². The van der Waals surface area contributed by atoms with Gasteiger partial charge in [0.1, 0.15) is 17.4 Å². The van der Waals surface area contributed by atoms with Crippen LogP contribution >= 0.6 is 0 Å². The van der Waals surface area contributed by atoms with Crippen LogP contribution in [0.1, 0.15) is 45.4 Å². The molecule has 150 valence electrons. The number of aromatic nitrogens is 2. The molecule has 5 rings (SSSR count). The normalized spacial score (nSPS) is 19.0. The minimum atomic E-state index is -0.417. The monoisotopic (exact) mass is 391 g/mol. The lowest BCUT2D eigenvalue weighted by molar-refractivity contribution is 0.00573. The molecule has 1 aromatic heterocycles. The van der Waals surface area contributed by atoms with Gasteiger partial charge in [-0.25, -0.2) is 4.98 Å². The van der Waals surface area contributed by atoms with Crippen molar-refractivity contribution in [1.29, 1.82) is 0 Å². The molecule has 29 heavy (non-hydrogen) atoms. The van der Waals surface area contributed by atoms with Crippen molar-refractivity contribution in [3.8, 4) is 5.75 Å². The number of hydrogen-bond acceptors (Lipinski definition) is 4. The first-order chi connectivity index (χ1) is 13.9. The number of β-amino-alcohol motifs (C(OH)–C–C–N with tert-alkyl or cyclic N) is 1. The maximum atomic E-state index is 13.1. The van der Waals surface area contributed by atoms with Crippen LogP contribution in [-0.2, 0) is 13.5 Å². The molecule has 3 aromatic rings. The molecule has 6 heteroatoms. The Kier molecular flexibility index (Phi) is 4.13. The number of aliphatic hydroxyl groups is 1. The number of imidazole rings is 1. The highest BCUT2D eigenvalue weighted by atomic mass is 16.5. The van der Waals surface area contributed by atoms with Gasteiger partial charge >= 0.3 is 0 Å². The van der Waals surface area contributed by atoms with Crippen LogP contribution < -0.4 is 4.74 Å². The quantitative estimate of drug-likeness (QED) is 0.729. The van der Waals surface area contributed by atoms with Gasteiger partial charge in [0.25, 0.3) is 5.91 Å². The third-order valence-corrected chi connectivity index (χ3v) is 6.29. The summed E-state index contributed by atoms with van der Waals surface area (Å²) in [4.78, 5) is 19.6. The van der Waals surface area contributed by atoms with E-state index in [0.717, 1.165) is 41.0 Å². The Balaban J connectivity index is 1.63. The van der Waals surface area contributed by atoms with Crippen molar-refractivity contribution in [3.05, 3.63) is 58.4 Å². The second kappa shape index (κ2) is 6.59. The molecule has 1 atom stereocenters. The molecule has 0 spiro atoms. The fourth-order valence-corrected chi connectivity index (χ4v) is 4.45. The van der Waals surface area contributed by atoms with E-state index in [1.54, 1.807) is 4.90 Å². The number of hydrogen-bond donors (Lipinski definition) is 1. The lowest BCUT2D eigenvalue weighted by atomic mass is 9.91. The van der Waals surface area contributed by atoms with E-state index in [4.69, 9.17) is 9.72 Å². The average molecular weight is 391 g/mol. The van der Waals surface area contributed by atoms with Crippen molar-refractivity contribution >= 4 is 16.9 Å². The number of fused-ring (bicyclic) bond motifs is 3. The van der Waals surface area contributed by atoms with Gasteiger partial charge in [0.2, 0.25) is 0 Å². The lowest BCUT2D eigenvalue weighted by Gasteiger charge is -2.37. The van der Waals surface area contributed by atoms with E-state index in [0.29, 0.717) is 18.7 Å². The Bertz CT molecular complexity index is 1130. The Hall–Kier alpha value is -2.86. The van der Waals surface area contributed by atoms with E-state index < -0.39 is 6.10 Å². The zero-order chi connectivity index (χ0) is 20.3. The number of rotatable bonds is 2. The van der Waals surface area contributed by atoms with Crippen LogP contribution in [0.15, 0.2) is 30.3 Å². The third-order valence-electron chi connectivity index (χ3n) is 6.29. The number of nitrogens with zero attached hydrogens (tertiary/aromatic N) is 3. The Morgan fingerprint density at radius 3 is 2.72 bits per heavy atom. The molecular weight excluding hydrogens is 366 g/mol. The van der Waals surface area contributed by atoms with Crippen LogP contribution in [0.5, 0.6) is 5.75 Å². The van der Waals surface area contributed by atoms with E-state index in [9.17, 15) is 9.90 Å². The fourth-order valence-electron chi connectivity index (χ4n) is 4.45. The van der Waals surface area contributed by atoms with Gasteiger partial charge < -0.3 is 19.3 Å². The molecule has 1 N–H and O–H groups in total. The number of ether oxygens (including phenoxy) is 1. The van der Waals surface area contributed by atoms with Crippen LogP contribution in [0.25, 0.3) is 11.0 Å². The summed E-state index contributed by atoms with van der Waals surface area (Å²) in [6.07, 6.45) is 1.11. The first-order valence-electron chi connectivity index (χ1n) is 10.1. The summed E-state index contributed by atoms with van der Waals surface area (Å²) in [5.74, 6) is 1.58. The number of carbonyl (C=O) groups is 1. The zero-order valence-corrected chi connectivity index (χ0v) is 17.0. The molecule has 6 nitrogen and oxygen atoms in total. The van der Waals surface area contributed by atoms with Crippen LogP contribution in [0, 0.1) is 13.8 Å². The highest BCUT2D eigenvalue weighted by Crippen LogP contribution is 2.42. The maximum absolute atomic E-state index is 13.1. The molecule has 3 heterocycles. The fraction of sp³-hybridized carbons (Fsp3) is 0.391. The molecule has 1 saturated heterocycles. The number of aryl methyl sites for hydroxylation is 3. The van der Waals surface area contributed by atoms with Gasteiger partial charge in [0.15, 0.2) is 5.75 Å². The predicted octanol–water partition coefficient (Wildman–Crippen LogP) is 3.07. The van der Waals surface area contributed by atoms with Gasteiger partial charge in [0, 0.05) is 31.3 Å². The Labute approximate surface area is 169 Å². The largest absolute Gasteiger partial charge is 0.483 e. The predicted molar refractivity (Wildman–Crippen MR) is 110 cm³/mol. The van der Waals surface area contributed by atoms with E-state index in [1.165, 1.54) is 11.1 Å². The van der Waals surface area contributed by atoms with Gasteiger partial charge in [-0.1, -0.05) is 24.3 Å². The van der Waals surface area contributed by atoms with Crippen molar-refractivity contribution in [2.75, 3.05) is 13.1 Å². The molecule has 0 unspecified atom stereocenters. The SMILES string of the molecule is Cc1ccccc1[C@@H]1CCc2c(C(=O)N3CC(O)C3)cc3c(nc(C)n3C)c2O1. The number of aliphatic hydroxyl groups excluding tert-OH is 1. The van der Waals surface area contributed by atoms with Gasteiger partial charge in [-0.05, 0) is 43.9 Å². The number of carbonyl (C=O) groups excluding carboxylic acids is 1. The lowest BCUT2D eigenvalue weighted by Crippen LogP contribution is -2.53. The van der Waals surface area contributed by atoms with Crippen molar-refractivity contribution in [2.24, 2.45) is 7.05 Å². The van der Waals surface area contributed by atoms with Crippen LogP contribution in [-0.4, -0.2) is 44.7 Å². The van der Waals surface area contributed by atoms with Gasteiger partial charge in [-0.2, -0.15) is 0 Å². The van der Waals surface area contributed by atoms with Crippen molar-refractivity contribution < 1.29 is 14.6 Å². The van der Waals surface area contributed by atoms with Crippen LogP contribution in [0.4, 0.5) is 0 Å². The zero-order valence-electron chi connectivity index (χ0n) is 17.0. The molecule has 0 radical (unpaired) electrons. The maximum Gasteiger partial charge on any atom is 0.254 e. The first kappa shape index (κ1) is 18.2. The Morgan fingerprint density at radius 2 is 2.00 bits per heavy atom. The summed E-state index contributed by atoms with van der Waals surface area (Å²) in [7, 11) is 1.96. The molecule has 2 aliphatic rings. The minimum absolute atomic E-state index is 0.0368. The summed E-state index contributed by atoms with van der Waals surface area (Å²) in [6, 6.07) is 10.2. The van der Waals surface area contributed by atoms with E-state index in [1.807, 2.05) is 36.7 Å². The summed E-state index contributed by atoms with van der Waals surface area (Å²) in [5, 5.41) is 9.63. The smallest absolute Gasteiger partial charge is 0.254 e. The third kappa shape index (κ3) is 2.82. The summed E-state index contributed by atoms with van der Waals surface area (Å²) in [6.45, 7) is 4.84. The number of likely N-dealkylation sites (tertiary alicyclic amines) is 1. The number of amides is 1. The van der Waals surface area contributed by atoms with E-state index in [-0.39, 0.29) is 12.0 Å². The topological polar surface area (TPSA) is 67.6 Å². The second-order valence-electron chi connectivity index (χ2n) is 8.18. The molecule has 2 aliphatic heterocycles. The van der Waals surface area contributed by atoms with Crippen molar-refractivity contribution in [1.82, 2.24) is 14.5 Å². The molecule has 2 aromatic carbocycles. The van der Waals surface area contributed by atoms with Gasteiger partial charge in [-0.3, -0.25) is 4.79 Å².